The van der Waals surface area contributed by atoms with E-state index in [0.717, 1.165) is 12.0 Å². The lowest BCUT2D eigenvalue weighted by molar-refractivity contribution is -0.291. The van der Waals surface area contributed by atoms with Gasteiger partial charge in [0.15, 0.2) is 0 Å². The molecule has 0 aliphatic rings. The van der Waals surface area contributed by atoms with Crippen molar-refractivity contribution in [3.63, 3.8) is 0 Å². The summed E-state index contributed by atoms with van der Waals surface area (Å²) in [6.07, 6.45) is 2.70. The maximum atomic E-state index is 10.7. The van der Waals surface area contributed by atoms with Gasteiger partial charge >= 0.3 is 5.97 Å². The highest BCUT2D eigenvalue weighted by Gasteiger charge is 2.01. The Morgan fingerprint density at radius 3 is 2.75 bits per heavy atom. The van der Waals surface area contributed by atoms with Gasteiger partial charge in [-0.3, -0.25) is 4.79 Å². The lowest BCUT2D eigenvalue weighted by atomic mass is 10.3. The van der Waals surface area contributed by atoms with Crippen LogP contribution in [-0.2, 0) is 18.8 Å². The molecule has 0 radical (unpaired) electrons. The summed E-state index contributed by atoms with van der Waals surface area (Å²) in [5.41, 5.74) is 0. The van der Waals surface area contributed by atoms with E-state index in [9.17, 15) is 4.79 Å². The average Bonchev–Trinajstić information content (AvgIpc) is 2.05. The van der Waals surface area contributed by atoms with Crippen LogP contribution in [0, 0.1) is 0 Å². The first-order valence-corrected chi connectivity index (χ1v) is 4.94. The zero-order valence-electron chi connectivity index (χ0n) is 7.37. The summed E-state index contributed by atoms with van der Waals surface area (Å²) in [7, 11) is 0. The lowest BCUT2D eigenvalue weighted by Gasteiger charge is -2.00. The largest absolute Gasteiger partial charge is 0.392 e. The standard InChI is InChI=1S/C7H14O4S/c1-3-9-10-6-4-5-7(8)11-12-2/h3-6H2,1-2H3. The Kier molecular flexibility index (Phi) is 8.64. The first-order valence-electron chi connectivity index (χ1n) is 3.79. The Balaban J connectivity index is 3.03. The van der Waals surface area contributed by atoms with E-state index in [1.54, 1.807) is 6.26 Å². The van der Waals surface area contributed by atoms with E-state index in [0.29, 0.717) is 26.1 Å². The molecule has 0 saturated carbocycles. The van der Waals surface area contributed by atoms with Crippen LogP contribution in [0.2, 0.25) is 0 Å². The molecule has 4 nitrogen and oxygen atoms in total. The van der Waals surface area contributed by atoms with Crippen molar-refractivity contribution in [2.45, 2.75) is 19.8 Å². The highest BCUT2D eigenvalue weighted by molar-refractivity contribution is 7.94. The molecule has 72 valence electrons. The van der Waals surface area contributed by atoms with Gasteiger partial charge < -0.3 is 4.18 Å². The molecule has 0 N–H and O–H groups in total. The Hall–Kier alpha value is -0.260. The minimum atomic E-state index is -0.220. The van der Waals surface area contributed by atoms with Gasteiger partial charge in [0.05, 0.1) is 25.3 Å². The van der Waals surface area contributed by atoms with E-state index in [1.807, 2.05) is 6.92 Å². The van der Waals surface area contributed by atoms with Gasteiger partial charge in [0.25, 0.3) is 0 Å². The molecule has 0 rings (SSSR count). The summed E-state index contributed by atoms with van der Waals surface area (Å²) in [6, 6.07) is 0. The molecule has 5 heteroatoms. The number of rotatable bonds is 7. The van der Waals surface area contributed by atoms with Crippen molar-refractivity contribution in [1.29, 1.82) is 0 Å². The highest BCUT2D eigenvalue weighted by Crippen LogP contribution is 2.00. The summed E-state index contributed by atoms with van der Waals surface area (Å²) >= 11 is 1.06. The van der Waals surface area contributed by atoms with Crippen LogP contribution >= 0.6 is 12.0 Å². The second kappa shape index (κ2) is 8.83. The van der Waals surface area contributed by atoms with Crippen LogP contribution in [0.25, 0.3) is 0 Å². The molecule has 12 heavy (non-hydrogen) atoms. The van der Waals surface area contributed by atoms with Gasteiger partial charge in [0.1, 0.15) is 0 Å². The van der Waals surface area contributed by atoms with E-state index in [2.05, 4.69) is 9.07 Å². The maximum Gasteiger partial charge on any atom is 0.317 e. The third kappa shape index (κ3) is 7.84. The fraction of sp³-hybridized carbons (Fsp3) is 0.857. The summed E-state index contributed by atoms with van der Waals surface area (Å²) < 4.78 is 4.63. The van der Waals surface area contributed by atoms with Crippen LogP contribution in [0.3, 0.4) is 0 Å². The van der Waals surface area contributed by atoms with Crippen LogP contribution < -0.4 is 0 Å². The molecule has 0 bridgehead atoms. The Morgan fingerprint density at radius 2 is 2.17 bits per heavy atom. The molecule has 0 unspecified atom stereocenters. The average molecular weight is 194 g/mol. The molecule has 0 spiro atoms. The minimum Gasteiger partial charge on any atom is -0.392 e. The zero-order chi connectivity index (χ0) is 9.23. The van der Waals surface area contributed by atoms with E-state index < -0.39 is 0 Å². The number of carbonyl (C=O) groups is 1. The third-order valence-corrected chi connectivity index (χ3v) is 1.34. The third-order valence-electron chi connectivity index (χ3n) is 0.986. The molecule has 0 atom stereocenters. The molecule has 0 heterocycles. The van der Waals surface area contributed by atoms with Crippen molar-refractivity contribution < 1.29 is 18.8 Å². The van der Waals surface area contributed by atoms with E-state index in [-0.39, 0.29) is 5.97 Å². The SMILES string of the molecule is CCOOCCCC(=O)OSC. The van der Waals surface area contributed by atoms with Gasteiger partial charge in [0.2, 0.25) is 0 Å². The van der Waals surface area contributed by atoms with Gasteiger partial charge in [-0.2, -0.15) is 0 Å². The highest BCUT2D eigenvalue weighted by atomic mass is 32.2. The summed E-state index contributed by atoms with van der Waals surface area (Å²) in [6.45, 7) is 2.79. The van der Waals surface area contributed by atoms with Crippen molar-refractivity contribution in [3.8, 4) is 0 Å². The Labute approximate surface area is 76.7 Å². The van der Waals surface area contributed by atoms with Crippen molar-refractivity contribution in [2.24, 2.45) is 0 Å². The van der Waals surface area contributed by atoms with Gasteiger partial charge in [0, 0.05) is 12.7 Å². The number of carbonyl (C=O) groups excluding carboxylic acids is 1. The molecule has 0 saturated heterocycles. The van der Waals surface area contributed by atoms with E-state index >= 15 is 0 Å². The lowest BCUT2D eigenvalue weighted by Crippen LogP contribution is -2.02. The van der Waals surface area contributed by atoms with Crippen LogP contribution in [0.15, 0.2) is 0 Å². The van der Waals surface area contributed by atoms with Crippen LogP contribution in [0.4, 0.5) is 0 Å². The van der Waals surface area contributed by atoms with Crippen molar-refractivity contribution >= 4 is 18.0 Å². The van der Waals surface area contributed by atoms with Gasteiger partial charge in [-0.25, -0.2) is 9.78 Å². The number of hydrogen-bond acceptors (Lipinski definition) is 5. The molecule has 0 aliphatic carbocycles. The quantitative estimate of drug-likeness (QED) is 0.266. The predicted molar refractivity (Wildman–Crippen MR) is 46.4 cm³/mol. The van der Waals surface area contributed by atoms with Crippen molar-refractivity contribution in [2.75, 3.05) is 19.5 Å². The maximum absolute atomic E-state index is 10.7. The monoisotopic (exact) mass is 194 g/mol. The second-order valence-corrected chi connectivity index (χ2v) is 2.45. The van der Waals surface area contributed by atoms with Crippen LogP contribution in [-0.4, -0.2) is 25.4 Å². The molecule has 0 amide bonds. The minimum absolute atomic E-state index is 0.220. The molecule has 0 aromatic heterocycles. The zero-order valence-corrected chi connectivity index (χ0v) is 8.19. The fourth-order valence-electron chi connectivity index (χ4n) is 0.552. The smallest absolute Gasteiger partial charge is 0.317 e. The normalized spacial score (nSPS) is 9.83. The Morgan fingerprint density at radius 1 is 1.42 bits per heavy atom. The first-order chi connectivity index (χ1) is 5.81. The summed E-state index contributed by atoms with van der Waals surface area (Å²) in [4.78, 5) is 20.1. The molecular weight excluding hydrogens is 180 g/mol. The number of hydrogen-bond donors (Lipinski definition) is 0. The molecule has 0 aromatic carbocycles. The van der Waals surface area contributed by atoms with E-state index in [4.69, 9.17) is 4.89 Å². The van der Waals surface area contributed by atoms with Gasteiger partial charge in [-0.05, 0) is 13.3 Å². The van der Waals surface area contributed by atoms with Gasteiger partial charge in [-0.1, -0.05) is 0 Å². The summed E-state index contributed by atoms with van der Waals surface area (Å²) in [5.74, 6) is -0.220. The van der Waals surface area contributed by atoms with Crippen molar-refractivity contribution in [1.82, 2.24) is 0 Å². The Bertz CT molecular complexity index is 118. The predicted octanol–water partition coefficient (Wildman–Crippen LogP) is 1.56. The molecule has 0 fully saturated rings. The fourth-order valence-corrected chi connectivity index (χ4v) is 0.822. The molecular formula is C7H14O4S. The topological polar surface area (TPSA) is 44.8 Å². The summed E-state index contributed by atoms with van der Waals surface area (Å²) in [5, 5.41) is 0. The van der Waals surface area contributed by atoms with E-state index in [1.165, 1.54) is 0 Å². The first kappa shape index (κ1) is 11.7. The van der Waals surface area contributed by atoms with Crippen LogP contribution in [0.1, 0.15) is 19.8 Å². The van der Waals surface area contributed by atoms with Gasteiger partial charge in [-0.15, -0.1) is 0 Å². The molecule has 0 aliphatic heterocycles. The molecule has 0 aromatic rings. The van der Waals surface area contributed by atoms with Crippen LogP contribution in [0.5, 0.6) is 0 Å². The second-order valence-electron chi connectivity index (χ2n) is 1.95. The van der Waals surface area contributed by atoms with Crippen molar-refractivity contribution in [3.05, 3.63) is 0 Å².